The molecule has 4 nitrogen and oxygen atoms in total. The zero-order chi connectivity index (χ0) is 15.7. The lowest BCUT2D eigenvalue weighted by Gasteiger charge is -2.07. The van der Waals surface area contributed by atoms with Crippen LogP contribution in [-0.2, 0) is 20.3 Å². The number of rotatable bonds is 3. The maximum atomic E-state index is 12.0. The van der Waals surface area contributed by atoms with Gasteiger partial charge in [-0.05, 0) is 23.8 Å². The Hall–Kier alpha value is -2.40. The largest absolute Gasteiger partial charge is 0.507 e. The Kier molecular flexibility index (Phi) is 3.81. The molecule has 3 rings (SSSR count). The van der Waals surface area contributed by atoms with Crippen LogP contribution >= 0.6 is 0 Å². The van der Waals surface area contributed by atoms with Gasteiger partial charge >= 0.3 is 5.97 Å². The van der Waals surface area contributed by atoms with Crippen LogP contribution in [0.5, 0.6) is 5.75 Å². The molecule has 1 aliphatic heterocycles. The van der Waals surface area contributed by atoms with Crippen LogP contribution in [0.2, 0.25) is 0 Å². The minimum absolute atomic E-state index is 0.0418. The summed E-state index contributed by atoms with van der Waals surface area (Å²) in [7, 11) is -1.05. The summed E-state index contributed by atoms with van der Waals surface area (Å²) >= 11 is 0. The lowest BCUT2D eigenvalue weighted by atomic mass is 9.96. The Morgan fingerprint density at radius 1 is 1.09 bits per heavy atom. The standard InChI is InChI=1S/C17H14O4S/c1-22(20)12-8-6-11(7-9-12)14-10-21-17(19)16(14)13-4-2-3-5-15(13)18/h2-9,18H,10H2,1H3. The molecule has 1 unspecified atom stereocenters. The smallest absolute Gasteiger partial charge is 0.339 e. The molecule has 5 heteroatoms. The second kappa shape index (κ2) is 5.77. The van der Waals surface area contributed by atoms with E-state index in [1.165, 1.54) is 6.07 Å². The van der Waals surface area contributed by atoms with Crippen molar-refractivity contribution in [3.8, 4) is 5.75 Å². The third-order valence-corrected chi connectivity index (χ3v) is 4.50. The molecule has 2 aromatic rings. The van der Waals surface area contributed by atoms with Crippen LogP contribution in [-0.4, -0.2) is 28.1 Å². The van der Waals surface area contributed by atoms with Gasteiger partial charge in [0.2, 0.25) is 0 Å². The van der Waals surface area contributed by atoms with Gasteiger partial charge in [0.05, 0.1) is 5.57 Å². The molecule has 0 fully saturated rings. The molecule has 112 valence electrons. The lowest BCUT2D eigenvalue weighted by Crippen LogP contribution is -1.98. The van der Waals surface area contributed by atoms with E-state index in [-0.39, 0.29) is 12.4 Å². The average molecular weight is 314 g/mol. The highest BCUT2D eigenvalue weighted by Gasteiger charge is 2.28. The van der Waals surface area contributed by atoms with E-state index < -0.39 is 16.8 Å². The number of carbonyl (C=O) groups is 1. The third kappa shape index (κ3) is 2.55. The Balaban J connectivity index is 2.12. The van der Waals surface area contributed by atoms with Gasteiger partial charge in [0.25, 0.3) is 0 Å². The fraction of sp³-hybridized carbons (Fsp3) is 0.118. The first-order chi connectivity index (χ1) is 10.6. The molecule has 0 saturated heterocycles. The van der Waals surface area contributed by atoms with Gasteiger partial charge in [0.1, 0.15) is 12.4 Å². The molecule has 1 heterocycles. The second-order valence-corrected chi connectivity index (χ2v) is 6.30. The number of phenolic OH excluding ortho intramolecular Hbond substituents is 1. The summed E-state index contributed by atoms with van der Waals surface area (Å²) in [6.07, 6.45) is 1.61. The number of hydrogen-bond acceptors (Lipinski definition) is 4. The number of carbonyl (C=O) groups excluding carboxylic acids is 1. The number of phenols is 1. The van der Waals surface area contributed by atoms with Crippen LogP contribution < -0.4 is 0 Å². The van der Waals surface area contributed by atoms with Crippen molar-refractivity contribution in [2.45, 2.75) is 4.90 Å². The molecule has 0 saturated carbocycles. The van der Waals surface area contributed by atoms with Crippen LogP contribution in [0.1, 0.15) is 11.1 Å². The molecule has 22 heavy (non-hydrogen) atoms. The number of benzene rings is 2. The number of hydrogen-bond donors (Lipinski definition) is 1. The molecule has 1 N–H and O–H groups in total. The number of ether oxygens (including phenoxy) is 1. The van der Waals surface area contributed by atoms with Crippen molar-refractivity contribution in [3.63, 3.8) is 0 Å². The second-order valence-electron chi connectivity index (χ2n) is 4.93. The van der Waals surface area contributed by atoms with Gasteiger partial charge in [-0.2, -0.15) is 0 Å². The molecule has 1 atom stereocenters. The fourth-order valence-electron chi connectivity index (χ4n) is 2.44. The van der Waals surface area contributed by atoms with E-state index >= 15 is 0 Å². The summed E-state index contributed by atoms with van der Waals surface area (Å²) in [5.41, 5.74) is 2.38. The van der Waals surface area contributed by atoms with E-state index in [4.69, 9.17) is 4.74 Å². The van der Waals surface area contributed by atoms with E-state index in [2.05, 4.69) is 0 Å². The summed E-state index contributed by atoms with van der Waals surface area (Å²) in [5, 5.41) is 9.99. The predicted octanol–water partition coefficient (Wildman–Crippen LogP) is 2.60. The van der Waals surface area contributed by atoms with Gasteiger partial charge in [-0.3, -0.25) is 4.21 Å². The maximum Gasteiger partial charge on any atom is 0.339 e. The van der Waals surface area contributed by atoms with Gasteiger partial charge in [-0.1, -0.05) is 30.3 Å². The summed E-state index contributed by atoms with van der Waals surface area (Å²) in [6.45, 7) is 0.164. The van der Waals surface area contributed by atoms with Crippen molar-refractivity contribution in [2.24, 2.45) is 0 Å². The fourth-order valence-corrected chi connectivity index (χ4v) is 2.96. The van der Waals surface area contributed by atoms with Gasteiger partial charge in [0, 0.05) is 33.1 Å². The summed E-state index contributed by atoms with van der Waals surface area (Å²) in [4.78, 5) is 12.8. The Morgan fingerprint density at radius 2 is 1.77 bits per heavy atom. The van der Waals surface area contributed by atoms with Crippen molar-refractivity contribution in [1.82, 2.24) is 0 Å². The van der Waals surface area contributed by atoms with E-state index in [1.807, 2.05) is 12.1 Å². The molecule has 0 aliphatic carbocycles. The number of aromatic hydroxyl groups is 1. The molecule has 0 aromatic heterocycles. The number of para-hydroxylation sites is 1. The first kappa shape index (κ1) is 14.5. The normalized spacial score (nSPS) is 15.8. The SMILES string of the molecule is CS(=O)c1ccc(C2=C(c3ccccc3O)C(=O)OC2)cc1. The van der Waals surface area contributed by atoms with Crippen LogP contribution in [0, 0.1) is 0 Å². The highest BCUT2D eigenvalue weighted by molar-refractivity contribution is 7.84. The van der Waals surface area contributed by atoms with E-state index in [0.717, 1.165) is 16.0 Å². The molecule has 0 radical (unpaired) electrons. The van der Waals surface area contributed by atoms with Crippen molar-refractivity contribution in [1.29, 1.82) is 0 Å². The quantitative estimate of drug-likeness (QED) is 0.885. The highest BCUT2D eigenvalue weighted by atomic mass is 32.2. The summed E-state index contributed by atoms with van der Waals surface area (Å²) < 4.78 is 16.6. The predicted molar refractivity (Wildman–Crippen MR) is 84.7 cm³/mol. The maximum absolute atomic E-state index is 12.0. The van der Waals surface area contributed by atoms with Crippen molar-refractivity contribution in [2.75, 3.05) is 12.9 Å². The summed E-state index contributed by atoms with van der Waals surface area (Å²) in [5.74, 6) is -0.403. The zero-order valence-electron chi connectivity index (χ0n) is 11.9. The van der Waals surface area contributed by atoms with Crippen LogP contribution in [0.3, 0.4) is 0 Å². The average Bonchev–Trinajstić information content (AvgIpc) is 2.89. The van der Waals surface area contributed by atoms with Crippen molar-refractivity contribution < 1.29 is 18.8 Å². The van der Waals surface area contributed by atoms with Crippen LogP contribution in [0.15, 0.2) is 53.4 Å². The first-order valence-corrected chi connectivity index (χ1v) is 8.26. The van der Waals surface area contributed by atoms with Crippen LogP contribution in [0.25, 0.3) is 11.1 Å². The molecule has 0 spiro atoms. The summed E-state index contributed by atoms with van der Waals surface area (Å²) in [6, 6.07) is 13.8. The zero-order valence-corrected chi connectivity index (χ0v) is 12.7. The minimum atomic E-state index is -1.05. The van der Waals surface area contributed by atoms with Gasteiger partial charge in [-0.15, -0.1) is 0 Å². The monoisotopic (exact) mass is 314 g/mol. The Bertz CT molecular complexity index is 791. The van der Waals surface area contributed by atoms with E-state index in [1.54, 1.807) is 36.6 Å². The molecule has 0 amide bonds. The van der Waals surface area contributed by atoms with Crippen LogP contribution in [0.4, 0.5) is 0 Å². The highest BCUT2D eigenvalue weighted by Crippen LogP contribution is 2.36. The molecule has 0 bridgehead atoms. The first-order valence-electron chi connectivity index (χ1n) is 6.70. The van der Waals surface area contributed by atoms with Crippen molar-refractivity contribution >= 4 is 27.9 Å². The Morgan fingerprint density at radius 3 is 2.41 bits per heavy atom. The number of cyclic esters (lactones) is 1. The molecular weight excluding hydrogens is 300 g/mol. The Labute approximate surface area is 130 Å². The number of esters is 1. The lowest BCUT2D eigenvalue weighted by molar-refractivity contribution is -0.133. The van der Waals surface area contributed by atoms with E-state index in [0.29, 0.717) is 11.1 Å². The van der Waals surface area contributed by atoms with E-state index in [9.17, 15) is 14.1 Å². The van der Waals surface area contributed by atoms with Gasteiger partial charge in [0.15, 0.2) is 0 Å². The molecule has 1 aliphatic rings. The topological polar surface area (TPSA) is 63.6 Å². The minimum Gasteiger partial charge on any atom is -0.507 e. The van der Waals surface area contributed by atoms with Crippen molar-refractivity contribution in [3.05, 3.63) is 59.7 Å². The van der Waals surface area contributed by atoms with Gasteiger partial charge < -0.3 is 9.84 Å². The molecule has 2 aromatic carbocycles. The van der Waals surface area contributed by atoms with Gasteiger partial charge in [-0.25, -0.2) is 4.79 Å². The third-order valence-electron chi connectivity index (χ3n) is 3.56. The molecular formula is C17H14O4S.